The highest BCUT2D eigenvalue weighted by atomic mass is 14.7. The van der Waals surface area contributed by atoms with Crippen molar-refractivity contribution in [1.82, 2.24) is 4.98 Å². The molecule has 1 aromatic carbocycles. The largest absolute Gasteiger partial charge is 0.257 e. The summed E-state index contributed by atoms with van der Waals surface area (Å²) in [6, 6.07) is 2.37. The SMILES string of the molecule is Cc1cc(C(C)C)c2c(C(C)C)nc(C)c(C)c2c1C. The first-order chi connectivity index (χ1) is 9.25. The molecule has 1 nitrogen and oxygen atoms in total. The normalized spacial score (nSPS) is 11.9. The van der Waals surface area contributed by atoms with Crippen LogP contribution in [0.4, 0.5) is 0 Å². The van der Waals surface area contributed by atoms with Crippen LogP contribution in [-0.2, 0) is 0 Å². The lowest BCUT2D eigenvalue weighted by Gasteiger charge is -2.21. The average molecular weight is 269 g/mol. The Balaban J connectivity index is 3.10. The molecule has 1 aromatic heterocycles. The van der Waals surface area contributed by atoms with E-state index in [2.05, 4.69) is 61.5 Å². The summed E-state index contributed by atoms with van der Waals surface area (Å²) in [7, 11) is 0. The minimum atomic E-state index is 0.455. The lowest BCUT2D eigenvalue weighted by atomic mass is 9.86. The summed E-state index contributed by atoms with van der Waals surface area (Å²) in [6.07, 6.45) is 0. The molecule has 108 valence electrons. The second-order valence-corrected chi connectivity index (χ2v) is 6.67. The van der Waals surface area contributed by atoms with Crippen LogP contribution in [0.1, 0.15) is 73.2 Å². The van der Waals surface area contributed by atoms with Crippen LogP contribution in [-0.4, -0.2) is 4.98 Å². The van der Waals surface area contributed by atoms with Crippen LogP contribution < -0.4 is 0 Å². The zero-order valence-electron chi connectivity index (χ0n) is 14.2. The van der Waals surface area contributed by atoms with Gasteiger partial charge in [0.2, 0.25) is 0 Å². The summed E-state index contributed by atoms with van der Waals surface area (Å²) >= 11 is 0. The van der Waals surface area contributed by atoms with E-state index in [4.69, 9.17) is 4.98 Å². The van der Waals surface area contributed by atoms with Gasteiger partial charge in [0.1, 0.15) is 0 Å². The van der Waals surface area contributed by atoms with E-state index in [0.29, 0.717) is 11.8 Å². The number of hydrogen-bond donors (Lipinski definition) is 0. The second-order valence-electron chi connectivity index (χ2n) is 6.67. The Morgan fingerprint density at radius 3 is 1.90 bits per heavy atom. The molecule has 0 spiro atoms. The van der Waals surface area contributed by atoms with Crippen LogP contribution in [0.15, 0.2) is 6.07 Å². The lowest BCUT2D eigenvalue weighted by Crippen LogP contribution is -2.05. The number of fused-ring (bicyclic) bond motifs is 1. The minimum absolute atomic E-state index is 0.455. The Morgan fingerprint density at radius 1 is 0.800 bits per heavy atom. The molecule has 20 heavy (non-hydrogen) atoms. The molecule has 2 rings (SSSR count). The fourth-order valence-electron chi connectivity index (χ4n) is 3.06. The zero-order valence-corrected chi connectivity index (χ0v) is 14.2. The van der Waals surface area contributed by atoms with Crippen LogP contribution in [0.2, 0.25) is 0 Å². The Labute approximate surface area is 123 Å². The van der Waals surface area contributed by atoms with E-state index in [-0.39, 0.29) is 0 Å². The molecule has 1 heteroatoms. The first-order valence-electron chi connectivity index (χ1n) is 7.66. The molecule has 0 saturated carbocycles. The van der Waals surface area contributed by atoms with Gasteiger partial charge in [0, 0.05) is 11.1 Å². The highest BCUT2D eigenvalue weighted by Crippen LogP contribution is 2.37. The van der Waals surface area contributed by atoms with Gasteiger partial charge in [-0.3, -0.25) is 4.98 Å². The monoisotopic (exact) mass is 269 g/mol. The molecule has 0 amide bonds. The lowest BCUT2D eigenvalue weighted by molar-refractivity contribution is 0.814. The van der Waals surface area contributed by atoms with Crippen LogP contribution >= 0.6 is 0 Å². The molecule has 0 aliphatic heterocycles. The predicted molar refractivity (Wildman–Crippen MR) is 88.9 cm³/mol. The van der Waals surface area contributed by atoms with E-state index in [1.165, 1.54) is 44.4 Å². The maximum atomic E-state index is 4.91. The van der Waals surface area contributed by atoms with E-state index in [1.807, 2.05) is 0 Å². The summed E-state index contributed by atoms with van der Waals surface area (Å²) in [4.78, 5) is 4.91. The Morgan fingerprint density at radius 2 is 1.40 bits per heavy atom. The van der Waals surface area contributed by atoms with Gasteiger partial charge in [-0.15, -0.1) is 0 Å². The van der Waals surface area contributed by atoms with Crippen LogP contribution in [0.5, 0.6) is 0 Å². The minimum Gasteiger partial charge on any atom is -0.257 e. The second kappa shape index (κ2) is 5.20. The predicted octanol–water partition coefficient (Wildman–Crippen LogP) is 5.72. The molecule has 1 heterocycles. The Bertz CT molecular complexity index is 609. The molecule has 2 aromatic rings. The maximum absolute atomic E-state index is 4.91. The van der Waals surface area contributed by atoms with Gasteiger partial charge >= 0.3 is 0 Å². The molecular weight excluding hydrogens is 242 g/mol. The summed E-state index contributed by atoms with van der Waals surface area (Å²) in [5.74, 6) is 0.981. The molecular formula is C19H27N. The van der Waals surface area contributed by atoms with Gasteiger partial charge in [-0.25, -0.2) is 0 Å². The van der Waals surface area contributed by atoms with Crippen molar-refractivity contribution in [2.45, 2.75) is 67.2 Å². The van der Waals surface area contributed by atoms with E-state index in [9.17, 15) is 0 Å². The van der Waals surface area contributed by atoms with Gasteiger partial charge in [0.15, 0.2) is 0 Å². The molecule has 0 aliphatic carbocycles. The third-order valence-electron chi connectivity index (χ3n) is 4.51. The van der Waals surface area contributed by atoms with Crippen LogP contribution in [0, 0.1) is 27.7 Å². The van der Waals surface area contributed by atoms with Crippen molar-refractivity contribution in [3.05, 3.63) is 39.7 Å². The highest BCUT2D eigenvalue weighted by Gasteiger charge is 2.19. The van der Waals surface area contributed by atoms with Gasteiger partial charge in [-0.05, 0) is 67.2 Å². The van der Waals surface area contributed by atoms with Crippen molar-refractivity contribution >= 4 is 10.8 Å². The van der Waals surface area contributed by atoms with Gasteiger partial charge in [0.05, 0.1) is 5.69 Å². The number of pyridine rings is 1. The summed E-state index contributed by atoms with van der Waals surface area (Å²) in [6.45, 7) is 17.9. The number of hydrogen-bond acceptors (Lipinski definition) is 1. The third-order valence-corrected chi connectivity index (χ3v) is 4.51. The van der Waals surface area contributed by atoms with Gasteiger partial charge in [0.25, 0.3) is 0 Å². The van der Waals surface area contributed by atoms with Crippen molar-refractivity contribution in [1.29, 1.82) is 0 Å². The van der Waals surface area contributed by atoms with Crippen molar-refractivity contribution < 1.29 is 0 Å². The summed E-state index contributed by atoms with van der Waals surface area (Å²) in [5, 5.41) is 2.84. The van der Waals surface area contributed by atoms with Gasteiger partial charge < -0.3 is 0 Å². The van der Waals surface area contributed by atoms with Crippen molar-refractivity contribution in [3.8, 4) is 0 Å². The van der Waals surface area contributed by atoms with Gasteiger partial charge in [-0.1, -0.05) is 33.8 Å². The quantitative estimate of drug-likeness (QED) is 0.680. The number of nitrogens with zero attached hydrogens (tertiary/aromatic N) is 1. The fourth-order valence-corrected chi connectivity index (χ4v) is 3.06. The van der Waals surface area contributed by atoms with Crippen molar-refractivity contribution in [2.24, 2.45) is 0 Å². The third kappa shape index (κ3) is 2.24. The van der Waals surface area contributed by atoms with E-state index in [1.54, 1.807) is 0 Å². The van der Waals surface area contributed by atoms with Crippen LogP contribution in [0.25, 0.3) is 10.8 Å². The molecule has 0 N–H and O–H groups in total. The first kappa shape index (κ1) is 15.0. The number of rotatable bonds is 2. The Hall–Kier alpha value is -1.37. The van der Waals surface area contributed by atoms with Crippen molar-refractivity contribution in [2.75, 3.05) is 0 Å². The number of benzene rings is 1. The first-order valence-corrected chi connectivity index (χ1v) is 7.66. The molecule has 0 fully saturated rings. The van der Waals surface area contributed by atoms with Crippen molar-refractivity contribution in [3.63, 3.8) is 0 Å². The molecule has 0 atom stereocenters. The molecule has 0 radical (unpaired) electrons. The Kier molecular flexibility index (Phi) is 3.90. The molecule has 0 saturated heterocycles. The zero-order chi connectivity index (χ0) is 15.2. The van der Waals surface area contributed by atoms with Gasteiger partial charge in [-0.2, -0.15) is 0 Å². The topological polar surface area (TPSA) is 12.9 Å². The van der Waals surface area contributed by atoms with Crippen LogP contribution in [0.3, 0.4) is 0 Å². The summed E-state index contributed by atoms with van der Waals surface area (Å²) in [5.41, 5.74) is 8.02. The molecule has 0 aliphatic rings. The highest BCUT2D eigenvalue weighted by molar-refractivity contribution is 5.95. The smallest absolute Gasteiger partial charge is 0.0513 e. The standard InChI is InChI=1S/C19H27N/c1-10(2)16-9-12(5)13(6)17-14(7)15(8)20-19(11(3)4)18(16)17/h9-11H,1-8H3. The maximum Gasteiger partial charge on any atom is 0.0513 e. The fraction of sp³-hybridized carbons (Fsp3) is 0.526. The number of aromatic nitrogens is 1. The molecule has 0 bridgehead atoms. The average Bonchev–Trinajstić information content (AvgIpc) is 2.36. The number of aryl methyl sites for hydroxylation is 4. The van der Waals surface area contributed by atoms with E-state index >= 15 is 0 Å². The van der Waals surface area contributed by atoms with E-state index in [0.717, 1.165) is 0 Å². The summed E-state index contributed by atoms with van der Waals surface area (Å²) < 4.78 is 0. The van der Waals surface area contributed by atoms with E-state index < -0.39 is 0 Å². The molecule has 0 unspecified atom stereocenters.